The van der Waals surface area contributed by atoms with Crippen molar-refractivity contribution in [3.63, 3.8) is 0 Å². The van der Waals surface area contributed by atoms with Crippen LogP contribution in [0.15, 0.2) is 37.1 Å². The van der Waals surface area contributed by atoms with Gasteiger partial charge in [-0.2, -0.15) is 0 Å². The van der Waals surface area contributed by atoms with Crippen molar-refractivity contribution < 1.29 is 4.74 Å². The zero-order valence-corrected chi connectivity index (χ0v) is 13.9. The van der Waals surface area contributed by atoms with Crippen LogP contribution in [0.3, 0.4) is 0 Å². The maximum absolute atomic E-state index is 5.94. The van der Waals surface area contributed by atoms with E-state index in [9.17, 15) is 0 Å². The van der Waals surface area contributed by atoms with Gasteiger partial charge >= 0.3 is 0 Å². The van der Waals surface area contributed by atoms with E-state index in [1.807, 2.05) is 24.1 Å². The van der Waals surface area contributed by atoms with Gasteiger partial charge in [-0.1, -0.05) is 12.1 Å². The lowest BCUT2D eigenvalue weighted by Gasteiger charge is -2.30. The number of para-hydroxylation sites is 1. The number of rotatable bonds is 3. The van der Waals surface area contributed by atoms with Gasteiger partial charge in [-0.15, -0.1) is 0 Å². The highest BCUT2D eigenvalue weighted by Crippen LogP contribution is 2.30. The molecule has 1 N–H and O–H groups in total. The average Bonchev–Trinajstić information content (AvgIpc) is 3.02. The first kappa shape index (κ1) is 15.1. The first-order valence-electron chi connectivity index (χ1n) is 8.27. The zero-order valence-electron chi connectivity index (χ0n) is 13.9. The Morgan fingerprint density at radius 1 is 1.29 bits per heavy atom. The molecule has 3 aromatic rings. The molecule has 0 aliphatic carbocycles. The quantitative estimate of drug-likeness (QED) is 0.802. The van der Waals surface area contributed by atoms with E-state index >= 15 is 0 Å². The van der Waals surface area contributed by atoms with Crippen LogP contribution < -0.4 is 5.32 Å². The van der Waals surface area contributed by atoms with E-state index in [0.717, 1.165) is 47.4 Å². The fourth-order valence-electron chi connectivity index (χ4n) is 3.36. The van der Waals surface area contributed by atoms with Crippen LogP contribution in [0.25, 0.3) is 10.9 Å². The van der Waals surface area contributed by atoms with Crippen molar-refractivity contribution in [3.8, 4) is 0 Å². The van der Waals surface area contributed by atoms with E-state index in [4.69, 9.17) is 4.74 Å². The number of benzene rings is 1. The standard InChI is InChI=1S/C18H21N5O/c1-12-4-3-5-14-17(12)20-10-21-18(14)22-13-6-7-24-16(8-13)15-9-19-11-23(15)2/h3-5,9-11,13,16H,6-8H2,1-2H3,(H,20,21,22)/t13-,16-/m1/s1. The molecule has 1 aliphatic rings. The predicted molar refractivity (Wildman–Crippen MR) is 92.8 cm³/mol. The van der Waals surface area contributed by atoms with E-state index in [0.29, 0.717) is 6.04 Å². The third kappa shape index (κ3) is 2.73. The number of hydrogen-bond acceptors (Lipinski definition) is 5. The molecule has 1 aliphatic heterocycles. The summed E-state index contributed by atoms with van der Waals surface area (Å²) >= 11 is 0. The normalized spacial score (nSPS) is 21.1. The van der Waals surface area contributed by atoms with E-state index in [1.165, 1.54) is 0 Å². The van der Waals surface area contributed by atoms with Crippen LogP contribution in [-0.4, -0.2) is 32.2 Å². The minimum absolute atomic E-state index is 0.0681. The maximum atomic E-state index is 5.94. The van der Waals surface area contributed by atoms with Crippen molar-refractivity contribution in [3.05, 3.63) is 48.3 Å². The van der Waals surface area contributed by atoms with Gasteiger partial charge in [0.1, 0.15) is 18.2 Å². The van der Waals surface area contributed by atoms with Gasteiger partial charge in [0, 0.05) is 25.1 Å². The Kier molecular flexibility index (Phi) is 3.90. The van der Waals surface area contributed by atoms with Gasteiger partial charge in [-0.05, 0) is 31.4 Å². The summed E-state index contributed by atoms with van der Waals surface area (Å²) in [6.45, 7) is 2.81. The molecule has 6 heteroatoms. The summed E-state index contributed by atoms with van der Waals surface area (Å²) in [5, 5.41) is 4.67. The third-order valence-corrected chi connectivity index (χ3v) is 4.68. The summed E-state index contributed by atoms with van der Waals surface area (Å²) in [6, 6.07) is 6.51. The highest BCUT2D eigenvalue weighted by atomic mass is 16.5. The average molecular weight is 323 g/mol. The summed E-state index contributed by atoms with van der Waals surface area (Å²) in [5.74, 6) is 0.902. The van der Waals surface area contributed by atoms with Gasteiger partial charge in [0.2, 0.25) is 0 Å². The Labute approximate surface area is 140 Å². The molecule has 0 spiro atoms. The topological polar surface area (TPSA) is 64.9 Å². The van der Waals surface area contributed by atoms with Gasteiger partial charge in [-0.3, -0.25) is 0 Å². The lowest BCUT2D eigenvalue weighted by atomic mass is 10.0. The van der Waals surface area contributed by atoms with Gasteiger partial charge in [-0.25, -0.2) is 15.0 Å². The molecule has 1 aromatic carbocycles. The van der Waals surface area contributed by atoms with Gasteiger partial charge in [0.05, 0.1) is 23.7 Å². The van der Waals surface area contributed by atoms with E-state index in [1.54, 1.807) is 6.33 Å². The highest BCUT2D eigenvalue weighted by Gasteiger charge is 2.26. The SMILES string of the molecule is Cc1cccc2c(N[C@@H]3CCO[C@@H](c4cncn4C)C3)ncnc12. The van der Waals surface area contributed by atoms with Crippen molar-refractivity contribution in [1.29, 1.82) is 0 Å². The van der Waals surface area contributed by atoms with Gasteiger partial charge in [0.15, 0.2) is 0 Å². The van der Waals surface area contributed by atoms with E-state index < -0.39 is 0 Å². The Balaban J connectivity index is 1.57. The summed E-state index contributed by atoms with van der Waals surface area (Å²) < 4.78 is 7.97. The molecule has 0 saturated carbocycles. The Morgan fingerprint density at radius 2 is 2.21 bits per heavy atom. The summed E-state index contributed by atoms with van der Waals surface area (Å²) in [6.07, 6.45) is 7.27. The summed E-state index contributed by atoms with van der Waals surface area (Å²) in [5.41, 5.74) is 3.29. The molecular formula is C18H21N5O. The van der Waals surface area contributed by atoms with Crippen LogP contribution in [0.4, 0.5) is 5.82 Å². The molecule has 24 heavy (non-hydrogen) atoms. The lowest BCUT2D eigenvalue weighted by molar-refractivity contribution is 0.00556. The van der Waals surface area contributed by atoms with Crippen molar-refractivity contribution in [2.45, 2.75) is 31.9 Å². The molecule has 1 fully saturated rings. The van der Waals surface area contributed by atoms with E-state index in [-0.39, 0.29) is 6.10 Å². The number of fused-ring (bicyclic) bond motifs is 1. The minimum atomic E-state index is 0.0681. The third-order valence-electron chi connectivity index (χ3n) is 4.68. The molecule has 0 bridgehead atoms. The number of nitrogens with zero attached hydrogens (tertiary/aromatic N) is 4. The molecule has 2 aromatic heterocycles. The number of hydrogen-bond donors (Lipinski definition) is 1. The molecule has 1 saturated heterocycles. The van der Waals surface area contributed by atoms with Crippen LogP contribution in [0.5, 0.6) is 0 Å². The smallest absolute Gasteiger partial charge is 0.137 e. The van der Waals surface area contributed by atoms with Crippen LogP contribution in [0.1, 0.15) is 30.2 Å². The van der Waals surface area contributed by atoms with Crippen molar-refractivity contribution in [2.75, 3.05) is 11.9 Å². The fraction of sp³-hybridized carbons (Fsp3) is 0.389. The van der Waals surface area contributed by atoms with Crippen LogP contribution in [0.2, 0.25) is 0 Å². The van der Waals surface area contributed by atoms with Crippen LogP contribution >= 0.6 is 0 Å². The monoisotopic (exact) mass is 323 g/mol. The highest BCUT2D eigenvalue weighted by molar-refractivity contribution is 5.90. The number of nitrogens with one attached hydrogen (secondary N) is 1. The zero-order chi connectivity index (χ0) is 16.5. The summed E-state index contributed by atoms with van der Waals surface area (Å²) in [7, 11) is 2.00. The second-order valence-electron chi connectivity index (χ2n) is 6.35. The largest absolute Gasteiger partial charge is 0.372 e. The Morgan fingerprint density at radius 3 is 3.04 bits per heavy atom. The molecule has 0 radical (unpaired) electrons. The number of imidazole rings is 1. The number of aryl methyl sites for hydroxylation is 2. The first-order chi connectivity index (χ1) is 11.7. The number of ether oxygens (including phenoxy) is 1. The molecule has 0 unspecified atom stereocenters. The molecule has 0 amide bonds. The maximum Gasteiger partial charge on any atom is 0.137 e. The molecular weight excluding hydrogens is 302 g/mol. The second-order valence-corrected chi connectivity index (χ2v) is 6.35. The molecule has 2 atom stereocenters. The van der Waals surface area contributed by atoms with Crippen molar-refractivity contribution in [2.24, 2.45) is 7.05 Å². The van der Waals surface area contributed by atoms with Gasteiger partial charge < -0.3 is 14.6 Å². The fourth-order valence-corrected chi connectivity index (χ4v) is 3.36. The predicted octanol–water partition coefficient (Wildman–Crippen LogP) is 3.00. The minimum Gasteiger partial charge on any atom is -0.372 e. The molecule has 6 nitrogen and oxygen atoms in total. The van der Waals surface area contributed by atoms with Gasteiger partial charge in [0.25, 0.3) is 0 Å². The number of anilines is 1. The molecule has 4 rings (SSSR count). The lowest BCUT2D eigenvalue weighted by Crippen LogP contribution is -2.31. The Hall–Kier alpha value is -2.47. The van der Waals surface area contributed by atoms with Crippen molar-refractivity contribution >= 4 is 16.7 Å². The molecule has 124 valence electrons. The number of aromatic nitrogens is 4. The summed E-state index contributed by atoms with van der Waals surface area (Å²) in [4.78, 5) is 13.1. The van der Waals surface area contributed by atoms with E-state index in [2.05, 4.69) is 45.4 Å². The second kappa shape index (κ2) is 6.20. The van der Waals surface area contributed by atoms with Crippen molar-refractivity contribution in [1.82, 2.24) is 19.5 Å². The van der Waals surface area contributed by atoms with Crippen LogP contribution in [0, 0.1) is 6.92 Å². The van der Waals surface area contributed by atoms with Crippen LogP contribution in [-0.2, 0) is 11.8 Å². The Bertz CT molecular complexity index is 859. The first-order valence-corrected chi connectivity index (χ1v) is 8.27. The molecule has 3 heterocycles.